The van der Waals surface area contributed by atoms with Gasteiger partial charge in [-0.05, 0) is 56.2 Å². The number of aryl methyl sites for hydroxylation is 1. The highest BCUT2D eigenvalue weighted by molar-refractivity contribution is 6.02. The molecule has 0 radical (unpaired) electrons. The third-order valence-electron chi connectivity index (χ3n) is 7.26. The second-order valence-electron chi connectivity index (χ2n) is 9.41. The highest BCUT2D eigenvalue weighted by atomic mass is 16.5. The summed E-state index contributed by atoms with van der Waals surface area (Å²) >= 11 is 0. The van der Waals surface area contributed by atoms with E-state index in [4.69, 9.17) is 4.74 Å². The molecule has 0 bridgehead atoms. The molecule has 4 heterocycles. The average Bonchev–Trinajstić information content (AvgIpc) is 3.43. The van der Waals surface area contributed by atoms with Gasteiger partial charge in [-0.25, -0.2) is 9.97 Å². The Hall–Kier alpha value is -3.51. The molecule has 0 spiro atoms. The maximum absolute atomic E-state index is 13.1. The zero-order valence-electron chi connectivity index (χ0n) is 19.5. The van der Waals surface area contributed by atoms with Crippen LogP contribution in [0.15, 0.2) is 30.6 Å². The SMILES string of the molecule is Cc1cc(Nc2cc(N3CC[C@@](C#N)(C4CC4)C3=O)ccn2)ncc1C(=O)N(C)[C@H]1CCOC1. The summed E-state index contributed by atoms with van der Waals surface area (Å²) in [7, 11) is 1.80. The first-order valence-electron chi connectivity index (χ1n) is 11.7. The minimum atomic E-state index is -0.879. The van der Waals surface area contributed by atoms with Gasteiger partial charge in [-0.3, -0.25) is 9.59 Å². The molecule has 2 aromatic heterocycles. The van der Waals surface area contributed by atoms with E-state index in [-0.39, 0.29) is 23.8 Å². The van der Waals surface area contributed by atoms with Gasteiger partial charge in [-0.1, -0.05) is 0 Å². The van der Waals surface area contributed by atoms with Gasteiger partial charge in [0.2, 0.25) is 5.91 Å². The molecule has 3 fully saturated rings. The topological polar surface area (TPSA) is 111 Å². The molecule has 2 saturated heterocycles. The van der Waals surface area contributed by atoms with Gasteiger partial charge in [0, 0.05) is 44.3 Å². The van der Waals surface area contributed by atoms with Crippen molar-refractivity contribution in [2.75, 3.05) is 37.0 Å². The van der Waals surface area contributed by atoms with E-state index in [0.717, 1.165) is 24.8 Å². The van der Waals surface area contributed by atoms with Crippen molar-refractivity contribution in [3.05, 3.63) is 41.7 Å². The number of hydrogen-bond donors (Lipinski definition) is 1. The predicted molar refractivity (Wildman–Crippen MR) is 126 cm³/mol. The smallest absolute Gasteiger partial charge is 0.255 e. The molecule has 34 heavy (non-hydrogen) atoms. The van der Waals surface area contributed by atoms with Crippen molar-refractivity contribution in [3.8, 4) is 6.07 Å². The van der Waals surface area contributed by atoms with Crippen molar-refractivity contribution in [1.82, 2.24) is 14.9 Å². The Morgan fingerprint density at radius 1 is 1.29 bits per heavy atom. The molecule has 2 aromatic rings. The summed E-state index contributed by atoms with van der Waals surface area (Å²) in [6.45, 7) is 3.65. The van der Waals surface area contributed by atoms with E-state index in [9.17, 15) is 14.9 Å². The molecule has 1 N–H and O–H groups in total. The number of pyridine rings is 2. The van der Waals surface area contributed by atoms with Crippen molar-refractivity contribution < 1.29 is 14.3 Å². The van der Waals surface area contributed by atoms with Gasteiger partial charge < -0.3 is 19.9 Å². The van der Waals surface area contributed by atoms with E-state index in [2.05, 4.69) is 21.4 Å². The number of rotatable bonds is 6. The Morgan fingerprint density at radius 3 is 2.76 bits per heavy atom. The van der Waals surface area contributed by atoms with Crippen LogP contribution >= 0.6 is 0 Å². The van der Waals surface area contributed by atoms with Crippen molar-refractivity contribution >= 4 is 29.1 Å². The van der Waals surface area contributed by atoms with Gasteiger partial charge in [0.1, 0.15) is 17.1 Å². The molecule has 5 rings (SSSR count). The Bertz CT molecular complexity index is 1170. The molecule has 1 saturated carbocycles. The number of nitriles is 1. The third-order valence-corrected chi connectivity index (χ3v) is 7.26. The molecular formula is C25H28N6O3. The van der Waals surface area contributed by atoms with Crippen LogP contribution in [0.5, 0.6) is 0 Å². The highest BCUT2D eigenvalue weighted by Crippen LogP contribution is 2.51. The Labute approximate surface area is 198 Å². The molecule has 3 aliphatic rings. The minimum Gasteiger partial charge on any atom is -0.379 e. The van der Waals surface area contributed by atoms with Crippen LogP contribution in [0.2, 0.25) is 0 Å². The van der Waals surface area contributed by atoms with Gasteiger partial charge in [0.25, 0.3) is 5.91 Å². The van der Waals surface area contributed by atoms with Gasteiger partial charge in [-0.2, -0.15) is 5.26 Å². The summed E-state index contributed by atoms with van der Waals surface area (Å²) < 4.78 is 5.40. The second kappa shape index (κ2) is 8.69. The van der Waals surface area contributed by atoms with Crippen molar-refractivity contribution in [2.24, 2.45) is 11.3 Å². The minimum absolute atomic E-state index is 0.0728. The van der Waals surface area contributed by atoms with Crippen molar-refractivity contribution in [3.63, 3.8) is 0 Å². The summed E-state index contributed by atoms with van der Waals surface area (Å²) in [5.41, 5.74) is 1.19. The summed E-state index contributed by atoms with van der Waals surface area (Å²) in [4.78, 5) is 38.2. The van der Waals surface area contributed by atoms with Crippen LogP contribution < -0.4 is 10.2 Å². The maximum Gasteiger partial charge on any atom is 0.255 e. The fraction of sp³-hybridized carbons (Fsp3) is 0.480. The van der Waals surface area contributed by atoms with Crippen LogP contribution in [0.3, 0.4) is 0 Å². The molecule has 9 nitrogen and oxygen atoms in total. The number of ether oxygens (including phenoxy) is 1. The van der Waals surface area contributed by atoms with E-state index >= 15 is 0 Å². The number of carbonyl (C=O) groups excluding carboxylic acids is 2. The number of nitrogens with one attached hydrogen (secondary N) is 1. The zero-order chi connectivity index (χ0) is 23.9. The molecule has 9 heteroatoms. The standard InChI is InChI=1S/C25H28N6O3/c1-16-11-21(28-13-20(16)23(32)30(2)19-6-10-34-14-19)29-22-12-18(5-8-27-22)31-9-7-25(15-26,24(31)33)17-3-4-17/h5,8,11-13,17,19H,3-4,6-7,9-10,14H2,1-2H3,(H,27,28,29)/t19-,25+/m0/s1. The van der Waals surface area contributed by atoms with Crippen LogP contribution in [0.25, 0.3) is 0 Å². The number of aromatic nitrogens is 2. The number of carbonyl (C=O) groups is 2. The van der Waals surface area contributed by atoms with Crippen molar-refractivity contribution in [2.45, 2.75) is 38.6 Å². The van der Waals surface area contributed by atoms with E-state index in [1.165, 1.54) is 0 Å². The number of amides is 2. The lowest BCUT2D eigenvalue weighted by molar-refractivity contribution is -0.123. The predicted octanol–water partition coefficient (Wildman–Crippen LogP) is 3.05. The van der Waals surface area contributed by atoms with E-state index in [1.807, 2.05) is 13.0 Å². The van der Waals surface area contributed by atoms with Crippen molar-refractivity contribution in [1.29, 1.82) is 5.26 Å². The molecule has 0 aromatic carbocycles. The fourth-order valence-corrected chi connectivity index (χ4v) is 4.95. The lowest BCUT2D eigenvalue weighted by atomic mass is 9.83. The Kier molecular flexibility index (Phi) is 5.70. The zero-order valence-corrected chi connectivity index (χ0v) is 19.5. The first kappa shape index (κ1) is 22.3. The molecule has 0 unspecified atom stereocenters. The van der Waals surface area contributed by atoms with E-state index < -0.39 is 5.41 Å². The van der Waals surface area contributed by atoms with Crippen LogP contribution in [0, 0.1) is 29.6 Å². The lowest BCUT2D eigenvalue weighted by Crippen LogP contribution is -2.37. The number of likely N-dealkylation sites (N-methyl/N-ethyl adjacent to an activating group) is 1. The summed E-state index contributed by atoms with van der Waals surface area (Å²) in [5.74, 6) is 1.10. The molecule has 1 aliphatic carbocycles. The van der Waals surface area contributed by atoms with Gasteiger partial charge in [-0.15, -0.1) is 0 Å². The summed E-state index contributed by atoms with van der Waals surface area (Å²) in [5, 5.41) is 12.9. The van der Waals surface area contributed by atoms with Crippen LogP contribution in [0.1, 0.15) is 41.6 Å². The van der Waals surface area contributed by atoms with Crippen LogP contribution in [0.4, 0.5) is 17.3 Å². The molecule has 2 atom stereocenters. The summed E-state index contributed by atoms with van der Waals surface area (Å²) in [6, 6.07) is 7.80. The van der Waals surface area contributed by atoms with Crippen LogP contribution in [-0.2, 0) is 9.53 Å². The van der Waals surface area contributed by atoms with E-state index in [0.29, 0.717) is 49.1 Å². The van der Waals surface area contributed by atoms with E-state index in [1.54, 1.807) is 41.4 Å². The first-order valence-corrected chi connectivity index (χ1v) is 11.7. The first-order chi connectivity index (χ1) is 16.4. The Morgan fingerprint density at radius 2 is 2.09 bits per heavy atom. The average molecular weight is 461 g/mol. The van der Waals surface area contributed by atoms with Gasteiger partial charge >= 0.3 is 0 Å². The molecule has 2 amide bonds. The van der Waals surface area contributed by atoms with Crippen LogP contribution in [-0.4, -0.2) is 59.5 Å². The lowest BCUT2D eigenvalue weighted by Gasteiger charge is -2.24. The summed E-state index contributed by atoms with van der Waals surface area (Å²) in [6.07, 6.45) is 6.52. The highest BCUT2D eigenvalue weighted by Gasteiger charge is 2.56. The number of hydrogen-bond acceptors (Lipinski definition) is 7. The molecule has 2 aliphatic heterocycles. The number of anilines is 3. The molecule has 176 valence electrons. The molecular weight excluding hydrogens is 432 g/mol. The van der Waals surface area contributed by atoms with Gasteiger partial charge in [0.15, 0.2) is 0 Å². The fourth-order valence-electron chi connectivity index (χ4n) is 4.95. The number of nitrogens with zero attached hydrogens (tertiary/aromatic N) is 5. The monoisotopic (exact) mass is 460 g/mol. The Balaban J connectivity index is 1.30. The third kappa shape index (κ3) is 3.88. The maximum atomic E-state index is 13.1. The largest absolute Gasteiger partial charge is 0.379 e. The second-order valence-corrected chi connectivity index (χ2v) is 9.41. The van der Waals surface area contributed by atoms with Gasteiger partial charge in [0.05, 0.1) is 24.3 Å². The quantitative estimate of drug-likeness (QED) is 0.705. The normalized spacial score (nSPS) is 24.2.